The van der Waals surface area contributed by atoms with Gasteiger partial charge < -0.3 is 5.73 Å². The van der Waals surface area contributed by atoms with Crippen LogP contribution in [0, 0.1) is 6.92 Å². The SMILES string of the molecule is Cc1cc(S(=O)(=O)NCCN)sc1Br.Cl. The van der Waals surface area contributed by atoms with Crippen molar-refractivity contribution in [2.45, 2.75) is 11.1 Å². The number of rotatable bonds is 4. The number of halogens is 2. The Bertz CT molecular complexity index is 399. The van der Waals surface area contributed by atoms with Gasteiger partial charge in [-0.15, -0.1) is 23.7 Å². The van der Waals surface area contributed by atoms with E-state index in [1.807, 2.05) is 6.92 Å². The van der Waals surface area contributed by atoms with Crippen LogP contribution in [0.1, 0.15) is 5.56 Å². The van der Waals surface area contributed by atoms with Crippen molar-refractivity contribution in [3.8, 4) is 0 Å². The largest absolute Gasteiger partial charge is 0.329 e. The molecule has 88 valence electrons. The van der Waals surface area contributed by atoms with Gasteiger partial charge in [-0.25, -0.2) is 13.1 Å². The molecule has 8 heteroatoms. The lowest BCUT2D eigenvalue weighted by atomic mass is 10.4. The van der Waals surface area contributed by atoms with Crippen molar-refractivity contribution in [2.24, 2.45) is 5.73 Å². The van der Waals surface area contributed by atoms with Crippen LogP contribution < -0.4 is 10.5 Å². The highest BCUT2D eigenvalue weighted by Crippen LogP contribution is 2.30. The summed E-state index contributed by atoms with van der Waals surface area (Å²) in [6.45, 7) is 2.41. The maximum Gasteiger partial charge on any atom is 0.250 e. The second-order valence-electron chi connectivity index (χ2n) is 2.71. The Labute approximate surface area is 108 Å². The summed E-state index contributed by atoms with van der Waals surface area (Å²) in [4.78, 5) is 0. The highest BCUT2D eigenvalue weighted by molar-refractivity contribution is 9.11. The number of nitrogens with two attached hydrogens (primary N) is 1. The summed E-state index contributed by atoms with van der Waals surface area (Å²) in [7, 11) is -3.37. The molecular formula is C7H12BrClN2O2S2. The maximum absolute atomic E-state index is 11.6. The maximum atomic E-state index is 11.6. The first-order valence-corrected chi connectivity index (χ1v) is 7.02. The minimum Gasteiger partial charge on any atom is -0.329 e. The summed E-state index contributed by atoms with van der Waals surface area (Å²) < 4.78 is 26.7. The van der Waals surface area contributed by atoms with Gasteiger partial charge in [0.2, 0.25) is 10.0 Å². The van der Waals surface area contributed by atoms with Gasteiger partial charge in [-0.1, -0.05) is 0 Å². The fourth-order valence-electron chi connectivity index (χ4n) is 0.829. The molecule has 0 unspecified atom stereocenters. The lowest BCUT2D eigenvalue weighted by Crippen LogP contribution is -2.28. The molecule has 0 aliphatic heterocycles. The van der Waals surface area contributed by atoms with E-state index in [-0.39, 0.29) is 19.0 Å². The molecule has 0 saturated heterocycles. The standard InChI is InChI=1S/C7H11BrN2O2S2.ClH/c1-5-4-6(13-7(5)8)14(11,12)10-3-2-9;/h4,10H,2-3,9H2,1H3;1H. The van der Waals surface area contributed by atoms with Crippen LogP contribution in [-0.4, -0.2) is 21.5 Å². The number of aryl methyl sites for hydroxylation is 1. The number of hydrogen-bond donors (Lipinski definition) is 2. The third-order valence-corrected chi connectivity index (χ3v) is 5.61. The molecule has 0 bridgehead atoms. The zero-order chi connectivity index (χ0) is 10.8. The van der Waals surface area contributed by atoms with Gasteiger partial charge in [0.15, 0.2) is 0 Å². The number of nitrogens with one attached hydrogen (secondary N) is 1. The van der Waals surface area contributed by atoms with E-state index in [4.69, 9.17) is 5.73 Å². The fraction of sp³-hybridized carbons (Fsp3) is 0.429. The first kappa shape index (κ1) is 15.3. The predicted octanol–water partition coefficient (Wildman–Crippen LogP) is 1.48. The van der Waals surface area contributed by atoms with Crippen molar-refractivity contribution in [1.29, 1.82) is 0 Å². The van der Waals surface area contributed by atoms with Crippen LogP contribution in [0.5, 0.6) is 0 Å². The van der Waals surface area contributed by atoms with Crippen molar-refractivity contribution in [2.75, 3.05) is 13.1 Å². The molecule has 1 heterocycles. The molecule has 0 aliphatic rings. The third-order valence-electron chi connectivity index (χ3n) is 1.54. The molecule has 3 N–H and O–H groups in total. The molecule has 0 amide bonds. The Balaban J connectivity index is 0.00000196. The molecule has 1 aromatic heterocycles. The van der Waals surface area contributed by atoms with Gasteiger partial charge in [-0.05, 0) is 34.5 Å². The van der Waals surface area contributed by atoms with Gasteiger partial charge in [0, 0.05) is 13.1 Å². The predicted molar refractivity (Wildman–Crippen MR) is 68.2 cm³/mol. The van der Waals surface area contributed by atoms with Gasteiger partial charge in [-0.2, -0.15) is 0 Å². The van der Waals surface area contributed by atoms with Crippen LogP contribution in [0.4, 0.5) is 0 Å². The average Bonchev–Trinajstić information content (AvgIpc) is 2.45. The summed E-state index contributed by atoms with van der Waals surface area (Å²) in [5.74, 6) is 0. The lowest BCUT2D eigenvalue weighted by Gasteiger charge is -2.01. The molecule has 0 radical (unpaired) electrons. The molecule has 1 aromatic rings. The van der Waals surface area contributed by atoms with E-state index in [0.29, 0.717) is 10.8 Å². The van der Waals surface area contributed by atoms with Gasteiger partial charge >= 0.3 is 0 Å². The van der Waals surface area contributed by atoms with Crippen LogP contribution in [0.25, 0.3) is 0 Å². The summed E-state index contributed by atoms with van der Waals surface area (Å²) in [6.07, 6.45) is 0. The Morgan fingerprint density at radius 3 is 2.60 bits per heavy atom. The van der Waals surface area contributed by atoms with Gasteiger partial charge in [-0.3, -0.25) is 0 Å². The van der Waals surface area contributed by atoms with Crippen molar-refractivity contribution >= 4 is 49.7 Å². The zero-order valence-electron chi connectivity index (χ0n) is 7.99. The van der Waals surface area contributed by atoms with Crippen molar-refractivity contribution in [3.05, 3.63) is 15.4 Å². The van der Waals surface area contributed by atoms with Crippen molar-refractivity contribution < 1.29 is 8.42 Å². The molecule has 15 heavy (non-hydrogen) atoms. The van der Waals surface area contributed by atoms with E-state index in [0.717, 1.165) is 9.35 Å². The first-order chi connectivity index (χ1) is 6.47. The smallest absolute Gasteiger partial charge is 0.250 e. The quantitative estimate of drug-likeness (QED) is 0.875. The topological polar surface area (TPSA) is 72.2 Å². The third kappa shape index (κ3) is 4.01. The Hall–Kier alpha value is 0.340. The minimum absolute atomic E-state index is 0. The van der Waals surface area contributed by atoms with E-state index >= 15 is 0 Å². The normalized spacial score (nSPS) is 11.1. The van der Waals surface area contributed by atoms with E-state index in [9.17, 15) is 8.42 Å². The lowest BCUT2D eigenvalue weighted by molar-refractivity contribution is 0.584. The highest BCUT2D eigenvalue weighted by Gasteiger charge is 2.16. The van der Waals surface area contributed by atoms with E-state index < -0.39 is 10.0 Å². The number of hydrogen-bond acceptors (Lipinski definition) is 4. The molecule has 1 rings (SSSR count). The second-order valence-corrected chi connectivity index (χ2v) is 7.07. The monoisotopic (exact) mass is 334 g/mol. The van der Waals surface area contributed by atoms with Crippen LogP contribution >= 0.6 is 39.7 Å². The summed E-state index contributed by atoms with van der Waals surface area (Å²) in [5.41, 5.74) is 6.14. The van der Waals surface area contributed by atoms with E-state index in [1.165, 1.54) is 11.3 Å². The van der Waals surface area contributed by atoms with Crippen molar-refractivity contribution in [3.63, 3.8) is 0 Å². The van der Waals surface area contributed by atoms with Crippen LogP contribution in [0.2, 0.25) is 0 Å². The molecule has 0 fully saturated rings. The van der Waals surface area contributed by atoms with Crippen LogP contribution in [0.3, 0.4) is 0 Å². The minimum atomic E-state index is -3.37. The molecule has 0 spiro atoms. The fourth-order valence-corrected chi connectivity index (χ4v) is 4.15. The Kier molecular flexibility index (Phi) is 6.31. The Morgan fingerprint density at radius 2 is 2.20 bits per heavy atom. The average molecular weight is 336 g/mol. The number of sulfonamides is 1. The molecule has 0 atom stereocenters. The van der Waals surface area contributed by atoms with Crippen LogP contribution in [0.15, 0.2) is 14.1 Å². The first-order valence-electron chi connectivity index (χ1n) is 3.93. The summed E-state index contributed by atoms with van der Waals surface area (Å²) in [5, 5.41) is 0. The molecule has 0 saturated carbocycles. The van der Waals surface area contributed by atoms with Gasteiger partial charge in [0.1, 0.15) is 4.21 Å². The second kappa shape index (κ2) is 6.17. The van der Waals surface area contributed by atoms with E-state index in [2.05, 4.69) is 20.7 Å². The molecule has 0 aliphatic carbocycles. The van der Waals surface area contributed by atoms with Crippen molar-refractivity contribution in [1.82, 2.24) is 4.72 Å². The van der Waals surface area contributed by atoms with Gasteiger partial charge in [0.05, 0.1) is 3.79 Å². The Morgan fingerprint density at radius 1 is 1.60 bits per heavy atom. The molecular weight excluding hydrogens is 324 g/mol. The number of thiophene rings is 1. The summed E-state index contributed by atoms with van der Waals surface area (Å²) >= 11 is 4.48. The molecule has 0 aromatic carbocycles. The molecule has 4 nitrogen and oxygen atoms in total. The van der Waals surface area contributed by atoms with Gasteiger partial charge in [0.25, 0.3) is 0 Å². The zero-order valence-corrected chi connectivity index (χ0v) is 12.0. The summed E-state index contributed by atoms with van der Waals surface area (Å²) in [6, 6.07) is 1.63. The van der Waals surface area contributed by atoms with Crippen LogP contribution in [-0.2, 0) is 10.0 Å². The van der Waals surface area contributed by atoms with E-state index in [1.54, 1.807) is 6.07 Å². The highest BCUT2D eigenvalue weighted by atomic mass is 79.9.